The average Bonchev–Trinajstić information content (AvgIpc) is 4.20. The van der Waals surface area contributed by atoms with Crippen molar-refractivity contribution in [1.82, 2.24) is 0 Å². The molecule has 0 saturated carbocycles. The number of hydrogen-bond donors (Lipinski definition) is 0. The Labute approximate surface area is 521 Å². The maximum absolute atomic E-state index is 12.5. The molecule has 0 N–H and O–H groups in total. The van der Waals surface area contributed by atoms with Gasteiger partial charge in [0.1, 0.15) is 59.3 Å². The molecule has 1 atom stereocenters. The molecule has 22 nitrogen and oxygen atoms in total. The standard InChI is InChI=1S/C67H78N8O14/c1-8-80-49-89-66(79)57(42-71)38-53-17-25-61(26-18-53)75(7)30-34-84-48-67(45-81-31-27-72(4)58-19-11-50(12-20-58)35-54(39-68)63(76)85-9-2,46-82-32-28-73(5)59-21-13-51(14-22-59)36-55(40-69)64(77)86-10-3)47-83-33-29-74(6)60-23-15-52(16-24-60)37-56(41-70)65(78)88-44-62-43-87-62/h11-26,35-38,62H,8-10,27-34,43-49H2,1-7H3/b54-35+,55-36+,56-37+,57-38+. The second-order valence-corrected chi connectivity index (χ2v) is 20.5. The molecule has 1 heterocycles. The largest absolute Gasteiger partial charge is 0.462 e. The van der Waals surface area contributed by atoms with Crippen molar-refractivity contribution >= 4 is 70.9 Å². The number of nitrogens with zero attached hydrogens (tertiary/aromatic N) is 8. The molecule has 0 bridgehead atoms. The zero-order chi connectivity index (χ0) is 64.4. The predicted octanol–water partition coefficient (Wildman–Crippen LogP) is 7.82. The molecule has 0 aromatic heterocycles. The van der Waals surface area contributed by atoms with Crippen LogP contribution in [-0.2, 0) is 66.5 Å². The molecule has 22 heteroatoms. The highest BCUT2D eigenvalue weighted by Gasteiger charge is 2.33. The Morgan fingerprint density at radius 1 is 0.438 bits per heavy atom. The van der Waals surface area contributed by atoms with Crippen molar-refractivity contribution < 1.29 is 66.5 Å². The monoisotopic (exact) mass is 1220 g/mol. The second-order valence-electron chi connectivity index (χ2n) is 20.5. The van der Waals surface area contributed by atoms with E-state index >= 15 is 0 Å². The lowest BCUT2D eigenvalue weighted by molar-refractivity contribution is -0.150. The fourth-order valence-electron chi connectivity index (χ4n) is 8.33. The number of anilines is 4. The summed E-state index contributed by atoms with van der Waals surface area (Å²) in [6, 6.07) is 37.2. The summed E-state index contributed by atoms with van der Waals surface area (Å²) >= 11 is 0. The van der Waals surface area contributed by atoms with Crippen LogP contribution in [0.4, 0.5) is 22.7 Å². The Kier molecular flexibility index (Phi) is 30.1. The predicted molar refractivity (Wildman–Crippen MR) is 335 cm³/mol. The molecule has 1 unspecified atom stereocenters. The van der Waals surface area contributed by atoms with Crippen LogP contribution in [0.2, 0.25) is 0 Å². The summed E-state index contributed by atoms with van der Waals surface area (Å²) in [6.45, 7) is 10.1. The molecular weight excluding hydrogens is 1140 g/mol. The molecular formula is C67H78N8O14. The summed E-state index contributed by atoms with van der Waals surface area (Å²) in [5.74, 6) is -2.86. The zero-order valence-electron chi connectivity index (χ0n) is 51.6. The summed E-state index contributed by atoms with van der Waals surface area (Å²) in [4.78, 5) is 57.5. The highest BCUT2D eigenvalue weighted by atomic mass is 16.7. The summed E-state index contributed by atoms with van der Waals surface area (Å²) in [7, 11) is 7.73. The third kappa shape index (κ3) is 24.4. The molecule has 4 aromatic carbocycles. The van der Waals surface area contributed by atoms with Gasteiger partial charge in [-0.1, -0.05) is 48.5 Å². The lowest BCUT2D eigenvalue weighted by Gasteiger charge is -2.34. The first-order valence-corrected chi connectivity index (χ1v) is 29.0. The van der Waals surface area contributed by atoms with Crippen molar-refractivity contribution in [1.29, 1.82) is 21.0 Å². The van der Waals surface area contributed by atoms with E-state index in [0.29, 0.717) is 88.1 Å². The number of ether oxygens (including phenoxy) is 10. The van der Waals surface area contributed by atoms with Gasteiger partial charge in [0.15, 0.2) is 6.79 Å². The van der Waals surface area contributed by atoms with E-state index in [0.717, 1.165) is 22.7 Å². The number of rotatable bonds is 39. The number of benzene rings is 4. The summed E-state index contributed by atoms with van der Waals surface area (Å²) in [6.07, 6.45) is 5.79. The molecule has 5 rings (SSSR count). The fourth-order valence-corrected chi connectivity index (χ4v) is 8.33. The SMILES string of the molecule is CCOCOC(=O)/C(C#N)=C/c1ccc(N(C)CCOCC(COCCN(C)c2ccc(/C=C(\C#N)C(=O)OCC)cc2)(COCCN(C)c2ccc(/C=C(\C#N)C(=O)OCC)cc2)COCCN(C)c2ccc(/C=C(\C#N)C(=O)OCC3CO3)cc2)cc1. The first-order chi connectivity index (χ1) is 43.1. The quantitative estimate of drug-likeness (QED) is 0.00783. The van der Waals surface area contributed by atoms with Gasteiger partial charge in [-0.15, -0.1) is 0 Å². The minimum atomic E-state index is -0.833. The van der Waals surface area contributed by atoms with Crippen LogP contribution >= 0.6 is 0 Å². The van der Waals surface area contributed by atoms with Gasteiger partial charge in [-0.3, -0.25) is 0 Å². The Bertz CT molecular complexity index is 3120. The molecule has 0 amide bonds. The molecule has 0 spiro atoms. The van der Waals surface area contributed by atoms with E-state index in [2.05, 4.69) is 0 Å². The van der Waals surface area contributed by atoms with Gasteiger partial charge in [0.2, 0.25) is 0 Å². The van der Waals surface area contributed by atoms with Gasteiger partial charge < -0.3 is 67.0 Å². The van der Waals surface area contributed by atoms with Gasteiger partial charge in [-0.2, -0.15) is 21.0 Å². The van der Waals surface area contributed by atoms with Gasteiger partial charge in [-0.05, 0) is 116 Å². The highest BCUT2D eigenvalue weighted by Crippen LogP contribution is 2.25. The van der Waals surface area contributed by atoms with Crippen molar-refractivity contribution in [3.05, 3.63) is 142 Å². The molecule has 0 radical (unpaired) electrons. The van der Waals surface area contributed by atoms with Crippen molar-refractivity contribution in [3.8, 4) is 24.3 Å². The molecule has 470 valence electrons. The van der Waals surface area contributed by atoms with Crippen LogP contribution in [0.15, 0.2) is 119 Å². The number of carbonyl (C=O) groups excluding carboxylic acids is 4. The summed E-state index contributed by atoms with van der Waals surface area (Å²) < 4.78 is 56.6. The Morgan fingerprint density at radius 2 is 0.708 bits per heavy atom. The van der Waals surface area contributed by atoms with Gasteiger partial charge in [0.25, 0.3) is 0 Å². The lowest BCUT2D eigenvalue weighted by Crippen LogP contribution is -2.43. The van der Waals surface area contributed by atoms with E-state index in [1.165, 1.54) is 24.3 Å². The van der Waals surface area contributed by atoms with Crippen LogP contribution < -0.4 is 19.6 Å². The average molecular weight is 1220 g/mol. The van der Waals surface area contributed by atoms with E-state index in [1.54, 1.807) is 32.9 Å². The van der Waals surface area contributed by atoms with Crippen LogP contribution in [0.25, 0.3) is 24.3 Å². The number of likely N-dealkylation sites (N-methyl/N-ethyl adjacent to an activating group) is 4. The van der Waals surface area contributed by atoms with E-state index in [4.69, 9.17) is 47.4 Å². The smallest absolute Gasteiger partial charge is 0.351 e. The fraction of sp³-hybridized carbons (Fsp3) is 0.403. The first kappa shape index (κ1) is 70.4. The molecule has 1 saturated heterocycles. The Morgan fingerprint density at radius 3 is 0.955 bits per heavy atom. The number of nitriles is 4. The van der Waals surface area contributed by atoms with Crippen LogP contribution in [0.3, 0.4) is 0 Å². The maximum Gasteiger partial charge on any atom is 0.351 e. The number of carbonyl (C=O) groups is 4. The minimum absolute atomic E-state index is 0.0991. The third-order valence-electron chi connectivity index (χ3n) is 13.7. The van der Waals surface area contributed by atoms with Crippen LogP contribution in [-0.4, -0.2) is 177 Å². The van der Waals surface area contributed by atoms with E-state index in [1.807, 2.05) is 157 Å². The zero-order valence-corrected chi connectivity index (χ0v) is 51.6. The van der Waals surface area contributed by atoms with Crippen molar-refractivity contribution in [2.75, 3.05) is 167 Å². The van der Waals surface area contributed by atoms with Gasteiger partial charge in [-0.25, -0.2) is 19.2 Å². The molecule has 89 heavy (non-hydrogen) atoms. The van der Waals surface area contributed by atoms with Crippen molar-refractivity contribution in [2.45, 2.75) is 26.9 Å². The van der Waals surface area contributed by atoms with Crippen molar-refractivity contribution in [2.24, 2.45) is 5.41 Å². The van der Waals surface area contributed by atoms with Crippen LogP contribution in [0, 0.1) is 50.7 Å². The lowest BCUT2D eigenvalue weighted by atomic mass is 9.92. The molecule has 1 aliphatic heterocycles. The van der Waals surface area contributed by atoms with Gasteiger partial charge in [0, 0.05) is 83.7 Å². The van der Waals surface area contributed by atoms with E-state index in [-0.39, 0.29) is 81.4 Å². The summed E-state index contributed by atoms with van der Waals surface area (Å²) in [5.41, 5.74) is 4.80. The normalized spacial score (nSPS) is 13.2. The second kappa shape index (κ2) is 38.0. The Balaban J connectivity index is 1.32. The van der Waals surface area contributed by atoms with Crippen molar-refractivity contribution in [3.63, 3.8) is 0 Å². The molecule has 0 aliphatic carbocycles. The highest BCUT2D eigenvalue weighted by molar-refractivity contribution is 5.99. The molecule has 1 fully saturated rings. The Hall–Kier alpha value is -9.36. The number of esters is 4. The van der Waals surface area contributed by atoms with Gasteiger partial charge in [0.05, 0.1) is 78.1 Å². The first-order valence-electron chi connectivity index (χ1n) is 29.0. The molecule has 1 aliphatic rings. The van der Waals surface area contributed by atoms with E-state index in [9.17, 15) is 40.2 Å². The molecule has 4 aromatic rings. The topological polar surface area (TPSA) is 272 Å². The number of hydrogen-bond acceptors (Lipinski definition) is 22. The number of epoxide rings is 1. The van der Waals surface area contributed by atoms with Crippen LogP contribution in [0.1, 0.15) is 43.0 Å². The van der Waals surface area contributed by atoms with Gasteiger partial charge >= 0.3 is 23.9 Å². The third-order valence-corrected chi connectivity index (χ3v) is 13.7. The minimum Gasteiger partial charge on any atom is -0.462 e. The summed E-state index contributed by atoms with van der Waals surface area (Å²) in [5, 5.41) is 38.4. The maximum atomic E-state index is 12.5. The van der Waals surface area contributed by atoms with Crippen LogP contribution in [0.5, 0.6) is 0 Å². The van der Waals surface area contributed by atoms with E-state index < -0.39 is 29.3 Å².